The van der Waals surface area contributed by atoms with E-state index in [1.165, 1.54) is 0 Å². The molecule has 14 heavy (non-hydrogen) atoms. The zero-order chi connectivity index (χ0) is 10.4. The summed E-state index contributed by atoms with van der Waals surface area (Å²) in [7, 11) is 0. The Morgan fingerprint density at radius 3 is 3.07 bits per heavy atom. The van der Waals surface area contributed by atoms with E-state index in [4.69, 9.17) is 10.5 Å². The van der Waals surface area contributed by atoms with Crippen LogP contribution in [0, 0.1) is 0 Å². The Morgan fingerprint density at radius 2 is 2.43 bits per heavy atom. The lowest BCUT2D eigenvalue weighted by atomic mass is 10.2. The molecule has 4 nitrogen and oxygen atoms in total. The van der Waals surface area contributed by atoms with E-state index in [-0.39, 0.29) is 6.10 Å². The van der Waals surface area contributed by atoms with Crippen molar-refractivity contribution in [2.75, 3.05) is 13.2 Å². The molecule has 2 N–H and O–H groups in total. The lowest BCUT2D eigenvalue weighted by Gasteiger charge is -2.09. The number of nitrogens with zero attached hydrogens (tertiary/aromatic N) is 2. The van der Waals surface area contributed by atoms with Gasteiger partial charge >= 0.3 is 0 Å². The first kappa shape index (κ1) is 11.2. The average Bonchev–Trinajstić information content (AvgIpc) is 2.63. The minimum Gasteiger partial charge on any atom is -0.372 e. The van der Waals surface area contributed by atoms with Crippen molar-refractivity contribution in [3.63, 3.8) is 0 Å². The standard InChI is InChI=1S/C10H19N3O/c1-3-5-13-8-10(7-12-13)9(2)14-6-4-11/h7-9H,3-6,11H2,1-2H3/t9-/m0/s1. The number of aromatic nitrogens is 2. The molecule has 0 bridgehead atoms. The number of ether oxygens (including phenoxy) is 1. The van der Waals surface area contributed by atoms with Gasteiger partial charge in [-0.05, 0) is 13.3 Å². The van der Waals surface area contributed by atoms with Gasteiger partial charge in [-0.25, -0.2) is 0 Å². The Labute approximate surface area is 85.0 Å². The molecule has 1 atom stereocenters. The molecular weight excluding hydrogens is 178 g/mol. The van der Waals surface area contributed by atoms with E-state index in [0.717, 1.165) is 18.5 Å². The van der Waals surface area contributed by atoms with Gasteiger partial charge in [0.05, 0.1) is 18.9 Å². The molecule has 1 rings (SSSR count). The Hall–Kier alpha value is -0.870. The second kappa shape index (κ2) is 5.78. The summed E-state index contributed by atoms with van der Waals surface area (Å²) in [5.74, 6) is 0. The summed E-state index contributed by atoms with van der Waals surface area (Å²) in [6.07, 6.45) is 5.07. The fourth-order valence-corrected chi connectivity index (χ4v) is 1.28. The van der Waals surface area contributed by atoms with Gasteiger partial charge in [0.1, 0.15) is 0 Å². The number of nitrogens with two attached hydrogens (primary N) is 1. The lowest BCUT2D eigenvalue weighted by Crippen LogP contribution is -2.10. The smallest absolute Gasteiger partial charge is 0.0827 e. The van der Waals surface area contributed by atoms with E-state index in [1.54, 1.807) is 0 Å². The highest BCUT2D eigenvalue weighted by Crippen LogP contribution is 2.15. The summed E-state index contributed by atoms with van der Waals surface area (Å²) < 4.78 is 7.43. The number of aryl methyl sites for hydroxylation is 1. The molecular formula is C10H19N3O. The highest BCUT2D eigenvalue weighted by atomic mass is 16.5. The zero-order valence-corrected chi connectivity index (χ0v) is 8.94. The molecule has 0 spiro atoms. The zero-order valence-electron chi connectivity index (χ0n) is 8.94. The maximum Gasteiger partial charge on any atom is 0.0827 e. The molecule has 0 fully saturated rings. The Morgan fingerprint density at radius 1 is 1.64 bits per heavy atom. The van der Waals surface area contributed by atoms with E-state index in [1.807, 2.05) is 24.0 Å². The third-order valence-electron chi connectivity index (χ3n) is 2.06. The number of hydrogen-bond acceptors (Lipinski definition) is 3. The molecule has 1 aromatic heterocycles. The van der Waals surface area contributed by atoms with Crippen molar-refractivity contribution in [3.8, 4) is 0 Å². The fourth-order valence-electron chi connectivity index (χ4n) is 1.28. The Bertz CT molecular complexity index is 260. The van der Waals surface area contributed by atoms with Crippen molar-refractivity contribution in [1.29, 1.82) is 0 Å². The van der Waals surface area contributed by atoms with E-state index in [9.17, 15) is 0 Å². The van der Waals surface area contributed by atoms with Crippen molar-refractivity contribution >= 4 is 0 Å². The first-order chi connectivity index (χ1) is 6.77. The molecule has 1 heterocycles. The van der Waals surface area contributed by atoms with Crippen molar-refractivity contribution in [3.05, 3.63) is 18.0 Å². The second-order valence-corrected chi connectivity index (χ2v) is 3.34. The minimum absolute atomic E-state index is 0.0872. The molecule has 4 heteroatoms. The highest BCUT2D eigenvalue weighted by Gasteiger charge is 2.07. The third kappa shape index (κ3) is 3.12. The van der Waals surface area contributed by atoms with Gasteiger partial charge in [-0.2, -0.15) is 5.10 Å². The normalized spacial score (nSPS) is 13.1. The number of rotatable bonds is 6. The Kier molecular flexibility index (Phi) is 4.62. The monoisotopic (exact) mass is 197 g/mol. The van der Waals surface area contributed by atoms with Gasteiger partial charge in [0.15, 0.2) is 0 Å². The maximum atomic E-state index is 5.49. The summed E-state index contributed by atoms with van der Waals surface area (Å²) in [5.41, 5.74) is 6.48. The van der Waals surface area contributed by atoms with Crippen LogP contribution in [-0.2, 0) is 11.3 Å². The lowest BCUT2D eigenvalue weighted by molar-refractivity contribution is 0.0717. The van der Waals surface area contributed by atoms with Crippen molar-refractivity contribution in [1.82, 2.24) is 9.78 Å². The third-order valence-corrected chi connectivity index (χ3v) is 2.06. The van der Waals surface area contributed by atoms with Gasteiger partial charge in [0.2, 0.25) is 0 Å². The van der Waals surface area contributed by atoms with Crippen molar-refractivity contribution < 1.29 is 4.74 Å². The van der Waals surface area contributed by atoms with Crippen LogP contribution in [0.5, 0.6) is 0 Å². The quantitative estimate of drug-likeness (QED) is 0.748. The molecule has 80 valence electrons. The average molecular weight is 197 g/mol. The van der Waals surface area contributed by atoms with Crippen LogP contribution in [0.3, 0.4) is 0 Å². The van der Waals surface area contributed by atoms with Crippen LogP contribution in [0.2, 0.25) is 0 Å². The van der Waals surface area contributed by atoms with Crippen LogP contribution in [0.15, 0.2) is 12.4 Å². The van der Waals surface area contributed by atoms with Gasteiger partial charge in [0, 0.05) is 24.8 Å². The molecule has 0 amide bonds. The van der Waals surface area contributed by atoms with Crippen molar-refractivity contribution in [2.45, 2.75) is 32.9 Å². The van der Waals surface area contributed by atoms with E-state index in [0.29, 0.717) is 13.2 Å². The summed E-state index contributed by atoms with van der Waals surface area (Å²) in [5, 5.41) is 4.24. The molecule has 0 aliphatic rings. The van der Waals surface area contributed by atoms with Gasteiger partial charge in [-0.1, -0.05) is 6.92 Å². The number of hydrogen-bond donors (Lipinski definition) is 1. The molecule has 0 aliphatic carbocycles. The first-order valence-corrected chi connectivity index (χ1v) is 5.12. The van der Waals surface area contributed by atoms with Crippen LogP contribution in [0.4, 0.5) is 0 Å². The van der Waals surface area contributed by atoms with Crippen molar-refractivity contribution in [2.24, 2.45) is 5.73 Å². The maximum absolute atomic E-state index is 5.49. The summed E-state index contributed by atoms with van der Waals surface area (Å²) in [6.45, 7) is 6.27. The Balaban J connectivity index is 2.48. The topological polar surface area (TPSA) is 53.1 Å². The largest absolute Gasteiger partial charge is 0.372 e. The molecule has 0 radical (unpaired) electrons. The summed E-state index contributed by atoms with van der Waals surface area (Å²) >= 11 is 0. The predicted octanol–water partition coefficient (Wildman–Crippen LogP) is 1.33. The SMILES string of the molecule is CCCn1cc([C@H](C)OCCN)cn1. The molecule has 1 aromatic rings. The van der Waals surface area contributed by atoms with Crippen LogP contribution >= 0.6 is 0 Å². The fraction of sp³-hybridized carbons (Fsp3) is 0.700. The van der Waals surface area contributed by atoms with Crippen LogP contribution < -0.4 is 5.73 Å². The predicted molar refractivity (Wildman–Crippen MR) is 55.9 cm³/mol. The van der Waals surface area contributed by atoms with Crippen LogP contribution in [-0.4, -0.2) is 22.9 Å². The van der Waals surface area contributed by atoms with Crippen LogP contribution in [0.25, 0.3) is 0 Å². The first-order valence-electron chi connectivity index (χ1n) is 5.12. The molecule has 0 saturated carbocycles. The van der Waals surface area contributed by atoms with E-state index < -0.39 is 0 Å². The highest BCUT2D eigenvalue weighted by molar-refractivity contribution is 5.07. The van der Waals surface area contributed by atoms with Crippen LogP contribution in [0.1, 0.15) is 31.9 Å². The van der Waals surface area contributed by atoms with Gasteiger partial charge < -0.3 is 10.5 Å². The van der Waals surface area contributed by atoms with Gasteiger partial charge in [-0.15, -0.1) is 0 Å². The van der Waals surface area contributed by atoms with Gasteiger partial charge in [-0.3, -0.25) is 4.68 Å². The molecule has 0 unspecified atom stereocenters. The molecule has 0 saturated heterocycles. The summed E-state index contributed by atoms with van der Waals surface area (Å²) in [4.78, 5) is 0. The molecule has 0 aliphatic heterocycles. The second-order valence-electron chi connectivity index (χ2n) is 3.34. The van der Waals surface area contributed by atoms with Gasteiger partial charge in [0.25, 0.3) is 0 Å². The summed E-state index contributed by atoms with van der Waals surface area (Å²) in [6, 6.07) is 0. The molecule has 0 aromatic carbocycles. The van der Waals surface area contributed by atoms with E-state index >= 15 is 0 Å². The minimum atomic E-state index is 0.0872. The van der Waals surface area contributed by atoms with E-state index in [2.05, 4.69) is 12.0 Å².